The summed E-state index contributed by atoms with van der Waals surface area (Å²) in [4.78, 5) is 13.6. The van der Waals surface area contributed by atoms with Crippen LogP contribution in [-0.2, 0) is 0 Å². The van der Waals surface area contributed by atoms with Crippen LogP contribution in [0.1, 0.15) is 16.8 Å². The minimum Gasteiger partial charge on any atom is -0.342 e. The molecule has 0 radical (unpaired) electrons. The monoisotopic (exact) mass is 338 g/mol. The minimum absolute atomic E-state index is 0.116. The van der Waals surface area contributed by atoms with Gasteiger partial charge in [0.2, 0.25) is 0 Å². The van der Waals surface area contributed by atoms with E-state index in [1.54, 1.807) is 16.2 Å². The first-order chi connectivity index (χ1) is 7.15. The standard InChI is InChI=1S/C10H15IN2OS/c1-12-4-3-5-13(2)10(14)8-6-9(11)15-7-8/h6-7,12H,3-5H2,1-2H3. The van der Waals surface area contributed by atoms with Crippen molar-refractivity contribution >= 4 is 39.8 Å². The van der Waals surface area contributed by atoms with Gasteiger partial charge in [-0.05, 0) is 48.7 Å². The lowest BCUT2D eigenvalue weighted by Crippen LogP contribution is -2.29. The fraction of sp³-hybridized carbons (Fsp3) is 0.500. The highest BCUT2D eigenvalue weighted by molar-refractivity contribution is 14.1. The number of amides is 1. The van der Waals surface area contributed by atoms with E-state index in [0.717, 1.165) is 28.0 Å². The van der Waals surface area contributed by atoms with Crippen LogP contribution in [0.15, 0.2) is 11.4 Å². The lowest BCUT2D eigenvalue weighted by Gasteiger charge is -2.15. The first-order valence-corrected chi connectivity index (χ1v) is 6.75. The third-order valence-corrected chi connectivity index (χ3v) is 3.87. The number of rotatable bonds is 5. The smallest absolute Gasteiger partial charge is 0.254 e. The van der Waals surface area contributed by atoms with E-state index in [-0.39, 0.29) is 5.91 Å². The largest absolute Gasteiger partial charge is 0.342 e. The fourth-order valence-corrected chi connectivity index (χ4v) is 2.56. The highest BCUT2D eigenvalue weighted by atomic mass is 127. The molecule has 15 heavy (non-hydrogen) atoms. The average Bonchev–Trinajstić information content (AvgIpc) is 2.64. The van der Waals surface area contributed by atoms with Gasteiger partial charge < -0.3 is 10.2 Å². The molecular formula is C10H15IN2OS. The number of hydrogen-bond acceptors (Lipinski definition) is 3. The van der Waals surface area contributed by atoms with Crippen molar-refractivity contribution in [3.05, 3.63) is 19.9 Å². The van der Waals surface area contributed by atoms with Crippen LogP contribution >= 0.6 is 33.9 Å². The molecule has 0 aliphatic heterocycles. The van der Waals surface area contributed by atoms with Gasteiger partial charge in [-0.25, -0.2) is 0 Å². The Kier molecular flexibility index (Phi) is 5.55. The van der Waals surface area contributed by atoms with Crippen molar-refractivity contribution in [3.8, 4) is 0 Å². The molecule has 0 bridgehead atoms. The van der Waals surface area contributed by atoms with E-state index >= 15 is 0 Å². The second-order valence-electron chi connectivity index (χ2n) is 3.32. The molecule has 0 fully saturated rings. The van der Waals surface area contributed by atoms with Crippen molar-refractivity contribution in [2.45, 2.75) is 6.42 Å². The van der Waals surface area contributed by atoms with Gasteiger partial charge in [-0.2, -0.15) is 0 Å². The van der Waals surface area contributed by atoms with Crippen LogP contribution < -0.4 is 5.32 Å². The van der Waals surface area contributed by atoms with E-state index < -0.39 is 0 Å². The molecule has 1 aromatic rings. The zero-order valence-corrected chi connectivity index (χ0v) is 11.9. The van der Waals surface area contributed by atoms with E-state index in [0.29, 0.717) is 0 Å². The summed E-state index contributed by atoms with van der Waals surface area (Å²) in [6.07, 6.45) is 0.986. The summed E-state index contributed by atoms with van der Waals surface area (Å²) >= 11 is 3.84. The van der Waals surface area contributed by atoms with Crippen molar-refractivity contribution in [1.82, 2.24) is 10.2 Å². The third-order valence-electron chi connectivity index (χ3n) is 2.08. The summed E-state index contributed by atoms with van der Waals surface area (Å²) in [5.41, 5.74) is 0.802. The van der Waals surface area contributed by atoms with Gasteiger partial charge in [-0.1, -0.05) is 0 Å². The molecule has 0 aliphatic carbocycles. The predicted molar refractivity (Wildman–Crippen MR) is 72.5 cm³/mol. The molecule has 0 spiro atoms. The van der Waals surface area contributed by atoms with Crippen molar-refractivity contribution < 1.29 is 4.79 Å². The second kappa shape index (κ2) is 6.44. The van der Waals surface area contributed by atoms with Gasteiger partial charge in [0.1, 0.15) is 0 Å². The fourth-order valence-electron chi connectivity index (χ4n) is 1.24. The number of carbonyl (C=O) groups excluding carboxylic acids is 1. The Bertz CT molecular complexity index is 327. The number of nitrogens with one attached hydrogen (secondary N) is 1. The molecule has 0 aliphatic rings. The Balaban J connectivity index is 2.46. The number of nitrogens with zero attached hydrogens (tertiary/aromatic N) is 1. The van der Waals surface area contributed by atoms with Gasteiger partial charge in [0.15, 0.2) is 0 Å². The van der Waals surface area contributed by atoms with E-state index in [1.165, 1.54) is 0 Å². The van der Waals surface area contributed by atoms with E-state index in [9.17, 15) is 4.79 Å². The van der Waals surface area contributed by atoms with Crippen LogP contribution in [0.4, 0.5) is 0 Å². The van der Waals surface area contributed by atoms with Gasteiger partial charge in [-0.3, -0.25) is 4.79 Å². The van der Waals surface area contributed by atoms with E-state index in [4.69, 9.17) is 0 Å². The molecule has 1 rings (SSSR count). The summed E-state index contributed by atoms with van der Waals surface area (Å²) in [6, 6.07) is 1.93. The molecule has 1 heterocycles. The van der Waals surface area contributed by atoms with Gasteiger partial charge in [0.05, 0.1) is 8.45 Å². The molecule has 0 saturated heterocycles. The summed E-state index contributed by atoms with van der Waals surface area (Å²) < 4.78 is 1.15. The quantitative estimate of drug-likeness (QED) is 0.658. The van der Waals surface area contributed by atoms with Crippen LogP contribution in [-0.4, -0.2) is 38.0 Å². The SMILES string of the molecule is CNCCCN(C)C(=O)c1csc(I)c1. The lowest BCUT2D eigenvalue weighted by molar-refractivity contribution is 0.0794. The van der Waals surface area contributed by atoms with Crippen LogP contribution in [0.3, 0.4) is 0 Å². The van der Waals surface area contributed by atoms with Crippen LogP contribution in [0.5, 0.6) is 0 Å². The molecule has 1 N–H and O–H groups in total. The topological polar surface area (TPSA) is 32.3 Å². The number of halogens is 1. The second-order valence-corrected chi connectivity index (χ2v) is 6.13. The lowest BCUT2D eigenvalue weighted by atomic mass is 10.3. The number of hydrogen-bond donors (Lipinski definition) is 1. The highest BCUT2D eigenvalue weighted by Gasteiger charge is 2.12. The zero-order valence-electron chi connectivity index (χ0n) is 8.92. The van der Waals surface area contributed by atoms with E-state index in [2.05, 4.69) is 27.9 Å². The molecule has 1 amide bonds. The van der Waals surface area contributed by atoms with Crippen molar-refractivity contribution in [3.63, 3.8) is 0 Å². The normalized spacial score (nSPS) is 10.3. The summed E-state index contributed by atoms with van der Waals surface area (Å²) in [7, 11) is 3.77. The first kappa shape index (κ1) is 12.9. The minimum atomic E-state index is 0.116. The van der Waals surface area contributed by atoms with Crippen molar-refractivity contribution in [2.24, 2.45) is 0 Å². The summed E-state index contributed by atoms with van der Waals surface area (Å²) in [5, 5.41) is 4.98. The zero-order chi connectivity index (χ0) is 11.3. The van der Waals surface area contributed by atoms with Gasteiger partial charge in [-0.15, -0.1) is 11.3 Å². The Morgan fingerprint density at radius 3 is 2.93 bits per heavy atom. The molecule has 0 unspecified atom stereocenters. The first-order valence-electron chi connectivity index (χ1n) is 4.79. The Morgan fingerprint density at radius 1 is 1.67 bits per heavy atom. The molecule has 0 saturated carbocycles. The van der Waals surface area contributed by atoms with Gasteiger partial charge in [0, 0.05) is 19.0 Å². The Hall–Kier alpha value is -0.140. The van der Waals surface area contributed by atoms with E-state index in [1.807, 2.05) is 25.5 Å². The number of carbonyl (C=O) groups is 1. The number of thiophene rings is 1. The Labute approximate surface area is 108 Å². The molecule has 1 aromatic heterocycles. The maximum Gasteiger partial charge on any atom is 0.254 e. The molecule has 0 aromatic carbocycles. The van der Waals surface area contributed by atoms with Crippen LogP contribution in [0.25, 0.3) is 0 Å². The molecule has 5 heteroatoms. The maximum atomic E-state index is 11.9. The maximum absolute atomic E-state index is 11.9. The van der Waals surface area contributed by atoms with Gasteiger partial charge >= 0.3 is 0 Å². The van der Waals surface area contributed by atoms with Gasteiger partial charge in [0.25, 0.3) is 5.91 Å². The Morgan fingerprint density at radius 2 is 2.40 bits per heavy atom. The summed E-state index contributed by atoms with van der Waals surface area (Å²) in [5.74, 6) is 0.116. The van der Waals surface area contributed by atoms with Crippen LogP contribution in [0, 0.1) is 2.88 Å². The van der Waals surface area contributed by atoms with Crippen molar-refractivity contribution in [2.75, 3.05) is 27.2 Å². The molecule has 0 atom stereocenters. The van der Waals surface area contributed by atoms with Crippen molar-refractivity contribution in [1.29, 1.82) is 0 Å². The summed E-state index contributed by atoms with van der Waals surface area (Å²) in [6.45, 7) is 1.74. The molecule has 84 valence electrons. The van der Waals surface area contributed by atoms with Crippen LogP contribution in [0.2, 0.25) is 0 Å². The average molecular weight is 338 g/mol. The third kappa shape index (κ3) is 4.08. The molecule has 3 nitrogen and oxygen atoms in total. The highest BCUT2D eigenvalue weighted by Crippen LogP contribution is 2.17. The predicted octanol–water partition coefficient (Wildman–Crippen LogP) is 2.03. The molecular weight excluding hydrogens is 323 g/mol.